The summed E-state index contributed by atoms with van der Waals surface area (Å²) in [5.41, 5.74) is 1.76. The molecule has 1 aliphatic rings. The largest absolute Gasteiger partial charge is 0.492 e. The van der Waals surface area contributed by atoms with E-state index in [4.69, 9.17) is 4.74 Å². The van der Waals surface area contributed by atoms with Crippen LogP contribution in [0.1, 0.15) is 25.3 Å². The molecule has 2 amide bonds. The third kappa shape index (κ3) is 3.22. The van der Waals surface area contributed by atoms with Gasteiger partial charge in [0, 0.05) is 6.54 Å². The molecule has 5 heteroatoms. The lowest BCUT2D eigenvalue weighted by Crippen LogP contribution is -2.40. The van der Waals surface area contributed by atoms with Crippen molar-refractivity contribution in [1.82, 2.24) is 4.90 Å². The van der Waals surface area contributed by atoms with E-state index in [0.29, 0.717) is 24.6 Å². The number of anilines is 1. The topological polar surface area (TPSA) is 61.8 Å². The summed E-state index contributed by atoms with van der Waals surface area (Å²) >= 11 is 0. The Morgan fingerprint density at radius 1 is 1.55 bits per heavy atom. The van der Waals surface area contributed by atoms with Crippen LogP contribution in [-0.2, 0) is 0 Å². The Balaban J connectivity index is 2.11. The van der Waals surface area contributed by atoms with E-state index in [0.717, 1.165) is 18.4 Å². The molecule has 0 aromatic heterocycles. The van der Waals surface area contributed by atoms with Crippen molar-refractivity contribution in [2.24, 2.45) is 0 Å². The van der Waals surface area contributed by atoms with E-state index in [-0.39, 0.29) is 18.7 Å². The Morgan fingerprint density at radius 3 is 3.05 bits per heavy atom. The molecule has 2 N–H and O–H groups in total. The van der Waals surface area contributed by atoms with Crippen LogP contribution in [0.2, 0.25) is 0 Å². The molecule has 1 atom stereocenters. The SMILES string of the molecule is CCOc1cc(C)ccc1NC(=O)N1CCCC1CO. The summed E-state index contributed by atoms with van der Waals surface area (Å²) in [5, 5.41) is 12.2. The van der Waals surface area contributed by atoms with Gasteiger partial charge in [-0.1, -0.05) is 6.07 Å². The lowest BCUT2D eigenvalue weighted by atomic mass is 10.2. The Hall–Kier alpha value is -1.75. The molecule has 0 aliphatic carbocycles. The van der Waals surface area contributed by atoms with E-state index in [9.17, 15) is 9.90 Å². The first kappa shape index (κ1) is 14.7. The van der Waals surface area contributed by atoms with Crippen LogP contribution in [0.25, 0.3) is 0 Å². The molecule has 1 saturated heterocycles. The molecule has 0 radical (unpaired) electrons. The van der Waals surface area contributed by atoms with Gasteiger partial charge in [0.15, 0.2) is 0 Å². The van der Waals surface area contributed by atoms with Gasteiger partial charge in [-0.05, 0) is 44.4 Å². The number of urea groups is 1. The van der Waals surface area contributed by atoms with Crippen molar-refractivity contribution in [2.45, 2.75) is 32.7 Å². The average Bonchev–Trinajstić information content (AvgIpc) is 2.90. The molecular weight excluding hydrogens is 256 g/mol. The quantitative estimate of drug-likeness (QED) is 0.889. The highest BCUT2D eigenvalue weighted by molar-refractivity contribution is 5.91. The number of hydrogen-bond acceptors (Lipinski definition) is 3. The van der Waals surface area contributed by atoms with Crippen LogP contribution >= 0.6 is 0 Å². The van der Waals surface area contributed by atoms with Crippen molar-refractivity contribution in [3.05, 3.63) is 23.8 Å². The minimum atomic E-state index is -0.175. The maximum Gasteiger partial charge on any atom is 0.322 e. The van der Waals surface area contributed by atoms with Crippen LogP contribution in [0, 0.1) is 6.92 Å². The van der Waals surface area contributed by atoms with Crippen LogP contribution < -0.4 is 10.1 Å². The third-order valence-corrected chi connectivity index (χ3v) is 3.53. The number of carbonyl (C=O) groups excluding carboxylic acids is 1. The fraction of sp³-hybridized carbons (Fsp3) is 0.533. The molecular formula is C15H22N2O3. The number of carbonyl (C=O) groups is 1. The molecule has 1 fully saturated rings. The molecule has 1 unspecified atom stereocenters. The third-order valence-electron chi connectivity index (χ3n) is 3.53. The number of nitrogens with zero attached hydrogens (tertiary/aromatic N) is 1. The van der Waals surface area contributed by atoms with Crippen molar-refractivity contribution in [3.8, 4) is 5.75 Å². The molecule has 1 aliphatic heterocycles. The number of amides is 2. The predicted molar refractivity (Wildman–Crippen MR) is 78.2 cm³/mol. The molecule has 110 valence electrons. The smallest absolute Gasteiger partial charge is 0.322 e. The number of aryl methyl sites for hydroxylation is 1. The highest BCUT2D eigenvalue weighted by Gasteiger charge is 2.28. The highest BCUT2D eigenvalue weighted by Crippen LogP contribution is 2.27. The maximum absolute atomic E-state index is 12.3. The number of aliphatic hydroxyl groups excluding tert-OH is 1. The van der Waals surface area contributed by atoms with Crippen molar-refractivity contribution >= 4 is 11.7 Å². The lowest BCUT2D eigenvalue weighted by molar-refractivity contribution is 0.166. The van der Waals surface area contributed by atoms with Crippen LogP contribution in [0.5, 0.6) is 5.75 Å². The van der Waals surface area contributed by atoms with Gasteiger partial charge in [0.2, 0.25) is 0 Å². The van der Waals surface area contributed by atoms with E-state index in [1.165, 1.54) is 0 Å². The average molecular weight is 278 g/mol. The van der Waals surface area contributed by atoms with Gasteiger partial charge in [0.1, 0.15) is 5.75 Å². The van der Waals surface area contributed by atoms with Crippen LogP contribution in [-0.4, -0.2) is 41.8 Å². The summed E-state index contributed by atoms with van der Waals surface area (Å²) in [7, 11) is 0. The van der Waals surface area contributed by atoms with Crippen molar-refractivity contribution in [3.63, 3.8) is 0 Å². The molecule has 1 aromatic rings. The second kappa shape index (κ2) is 6.61. The molecule has 1 aromatic carbocycles. The van der Waals surface area contributed by atoms with Gasteiger partial charge >= 0.3 is 6.03 Å². The summed E-state index contributed by atoms with van der Waals surface area (Å²) in [4.78, 5) is 14.0. The van der Waals surface area contributed by atoms with Crippen LogP contribution in [0.15, 0.2) is 18.2 Å². The van der Waals surface area contributed by atoms with Crippen LogP contribution in [0.4, 0.5) is 10.5 Å². The van der Waals surface area contributed by atoms with E-state index in [1.54, 1.807) is 4.90 Å². The van der Waals surface area contributed by atoms with Gasteiger partial charge in [0.05, 0.1) is 24.9 Å². The Morgan fingerprint density at radius 2 is 2.35 bits per heavy atom. The number of nitrogens with one attached hydrogen (secondary N) is 1. The minimum Gasteiger partial charge on any atom is -0.492 e. The first-order chi connectivity index (χ1) is 9.65. The second-order valence-corrected chi connectivity index (χ2v) is 5.03. The maximum atomic E-state index is 12.3. The fourth-order valence-corrected chi connectivity index (χ4v) is 2.49. The summed E-state index contributed by atoms with van der Waals surface area (Å²) in [6.45, 7) is 5.15. The second-order valence-electron chi connectivity index (χ2n) is 5.03. The minimum absolute atomic E-state index is 0.0135. The Kier molecular flexibility index (Phi) is 4.84. The lowest BCUT2D eigenvalue weighted by Gasteiger charge is -2.24. The summed E-state index contributed by atoms with van der Waals surface area (Å²) in [6, 6.07) is 5.45. The van der Waals surface area contributed by atoms with E-state index < -0.39 is 0 Å². The molecule has 2 rings (SSSR count). The number of likely N-dealkylation sites (tertiary alicyclic amines) is 1. The number of hydrogen-bond donors (Lipinski definition) is 2. The summed E-state index contributed by atoms with van der Waals surface area (Å²) in [5.74, 6) is 0.681. The molecule has 0 saturated carbocycles. The zero-order valence-electron chi connectivity index (χ0n) is 12.1. The highest BCUT2D eigenvalue weighted by atomic mass is 16.5. The van der Waals surface area contributed by atoms with Crippen LogP contribution in [0.3, 0.4) is 0 Å². The normalized spacial score (nSPS) is 18.1. The number of rotatable bonds is 4. The van der Waals surface area contributed by atoms with Crippen molar-refractivity contribution in [2.75, 3.05) is 25.1 Å². The molecule has 0 bridgehead atoms. The van der Waals surface area contributed by atoms with Gasteiger partial charge in [0.25, 0.3) is 0 Å². The molecule has 20 heavy (non-hydrogen) atoms. The monoisotopic (exact) mass is 278 g/mol. The zero-order valence-corrected chi connectivity index (χ0v) is 12.1. The Bertz CT molecular complexity index is 476. The van der Waals surface area contributed by atoms with Gasteiger partial charge < -0.3 is 20.1 Å². The van der Waals surface area contributed by atoms with Crippen molar-refractivity contribution in [1.29, 1.82) is 0 Å². The summed E-state index contributed by atoms with van der Waals surface area (Å²) < 4.78 is 5.55. The summed E-state index contributed by atoms with van der Waals surface area (Å²) in [6.07, 6.45) is 1.79. The van der Waals surface area contributed by atoms with Gasteiger partial charge in [-0.25, -0.2) is 4.79 Å². The van der Waals surface area contributed by atoms with E-state index >= 15 is 0 Å². The van der Waals surface area contributed by atoms with Gasteiger partial charge in [-0.2, -0.15) is 0 Å². The zero-order chi connectivity index (χ0) is 14.5. The van der Waals surface area contributed by atoms with Gasteiger partial charge in [-0.15, -0.1) is 0 Å². The van der Waals surface area contributed by atoms with Gasteiger partial charge in [-0.3, -0.25) is 0 Å². The predicted octanol–water partition coefficient (Wildman–Crippen LogP) is 2.38. The molecule has 5 nitrogen and oxygen atoms in total. The number of ether oxygens (including phenoxy) is 1. The van der Waals surface area contributed by atoms with Crippen molar-refractivity contribution < 1.29 is 14.6 Å². The van der Waals surface area contributed by atoms with E-state index in [1.807, 2.05) is 32.0 Å². The first-order valence-corrected chi connectivity index (χ1v) is 7.07. The van der Waals surface area contributed by atoms with E-state index in [2.05, 4.69) is 5.32 Å². The number of benzene rings is 1. The molecule has 1 heterocycles. The standard InChI is InChI=1S/C15H22N2O3/c1-3-20-14-9-11(2)6-7-13(14)16-15(19)17-8-4-5-12(17)10-18/h6-7,9,12,18H,3-5,8,10H2,1-2H3,(H,16,19). The molecule has 0 spiro atoms. The first-order valence-electron chi connectivity index (χ1n) is 7.07. The fourth-order valence-electron chi connectivity index (χ4n) is 2.49. The number of aliphatic hydroxyl groups is 1. The Labute approximate surface area is 119 Å².